The molecule has 6 nitrogen and oxygen atoms in total. The smallest absolute Gasteiger partial charge is 0.339 e. The van der Waals surface area contributed by atoms with Crippen LogP contribution in [0.4, 0.5) is 0 Å². The summed E-state index contributed by atoms with van der Waals surface area (Å²) in [6.45, 7) is 0. The van der Waals surface area contributed by atoms with Crippen molar-refractivity contribution < 1.29 is 25.6 Å². The standard InChI is InChI=1S/C30H32I2O6S2/c31-27-18-24(19-28(32)30(27)39(33,34)35)38-40(36,37)29-25(21-12-6-2-7-13-21)16-23(20-10-4-1-5-11-20)17-26(29)22-14-8-3-9-15-22/h1-4,6,8,16-22H,5,7,9-15H2,(H,33,34,35). The van der Waals surface area contributed by atoms with Crippen LogP contribution in [0, 0.1) is 7.14 Å². The van der Waals surface area contributed by atoms with Crippen molar-refractivity contribution in [1.29, 1.82) is 0 Å². The highest BCUT2D eigenvalue weighted by Crippen LogP contribution is 2.44. The number of rotatable bonds is 7. The van der Waals surface area contributed by atoms with Gasteiger partial charge in [0.1, 0.15) is 15.5 Å². The Labute approximate surface area is 264 Å². The molecule has 3 atom stereocenters. The van der Waals surface area contributed by atoms with Crippen LogP contribution in [0.1, 0.15) is 92.2 Å². The van der Waals surface area contributed by atoms with Gasteiger partial charge in [0.2, 0.25) is 0 Å². The van der Waals surface area contributed by atoms with E-state index >= 15 is 0 Å². The molecule has 0 spiro atoms. The van der Waals surface area contributed by atoms with Crippen molar-refractivity contribution in [3.05, 3.63) is 84.6 Å². The van der Waals surface area contributed by atoms with E-state index in [-0.39, 0.29) is 34.5 Å². The molecule has 0 saturated carbocycles. The zero-order valence-electron chi connectivity index (χ0n) is 21.9. The first-order valence-electron chi connectivity index (χ1n) is 13.6. The lowest BCUT2D eigenvalue weighted by Crippen LogP contribution is -2.20. The SMILES string of the molecule is O=S(=O)(O)c1c(I)cc(OS(=O)(=O)c2c(C3CC=CCC3)cc(C3CC=CCC3)cc2C2CC=CCC2)cc1I. The summed E-state index contributed by atoms with van der Waals surface area (Å²) in [6, 6.07) is 6.94. The van der Waals surface area contributed by atoms with Crippen molar-refractivity contribution in [1.82, 2.24) is 0 Å². The third kappa shape index (κ3) is 6.71. The van der Waals surface area contributed by atoms with Crippen LogP contribution in [0.3, 0.4) is 0 Å². The molecule has 0 fully saturated rings. The number of halogens is 2. The molecule has 0 heterocycles. The van der Waals surface area contributed by atoms with Gasteiger partial charge in [-0.3, -0.25) is 4.55 Å². The summed E-state index contributed by atoms with van der Waals surface area (Å²) < 4.78 is 68.1. The van der Waals surface area contributed by atoms with Gasteiger partial charge in [-0.2, -0.15) is 16.8 Å². The van der Waals surface area contributed by atoms with Crippen LogP contribution in [0.25, 0.3) is 0 Å². The Kier molecular flexibility index (Phi) is 9.50. The van der Waals surface area contributed by atoms with E-state index < -0.39 is 20.2 Å². The summed E-state index contributed by atoms with van der Waals surface area (Å²) in [5.74, 6) is 0.510. The molecule has 0 saturated heterocycles. The lowest BCUT2D eigenvalue weighted by Gasteiger charge is -2.30. The molecule has 10 heteroatoms. The Bertz CT molecular complexity index is 1520. The maximum absolute atomic E-state index is 14.3. The van der Waals surface area contributed by atoms with Gasteiger partial charge in [-0.15, -0.1) is 0 Å². The minimum atomic E-state index is -4.47. The molecule has 2 aromatic rings. The van der Waals surface area contributed by atoms with Crippen LogP contribution in [0.15, 0.2) is 70.5 Å². The fourth-order valence-corrected chi connectivity index (χ4v) is 11.5. The third-order valence-corrected chi connectivity index (χ3v) is 12.8. The van der Waals surface area contributed by atoms with Gasteiger partial charge >= 0.3 is 10.1 Å². The topological polar surface area (TPSA) is 97.7 Å². The highest BCUT2D eigenvalue weighted by Gasteiger charge is 2.34. The van der Waals surface area contributed by atoms with Gasteiger partial charge in [0.25, 0.3) is 10.1 Å². The molecule has 0 amide bonds. The first kappa shape index (κ1) is 30.2. The normalized spacial score (nSPS) is 23.3. The van der Waals surface area contributed by atoms with Gasteiger partial charge in [-0.1, -0.05) is 48.6 Å². The summed E-state index contributed by atoms with van der Waals surface area (Å²) in [6.07, 6.45) is 21.2. The molecule has 1 N–H and O–H groups in total. The average molecular weight is 807 g/mol. The second-order valence-corrected chi connectivity index (χ2v) is 15.9. The van der Waals surface area contributed by atoms with Crippen LogP contribution < -0.4 is 4.18 Å². The molecular weight excluding hydrogens is 774 g/mol. The van der Waals surface area contributed by atoms with Gasteiger partial charge in [0.05, 0.1) is 0 Å². The van der Waals surface area contributed by atoms with Crippen LogP contribution >= 0.6 is 45.2 Å². The maximum atomic E-state index is 14.3. The zero-order chi connectivity index (χ0) is 28.5. The van der Waals surface area contributed by atoms with E-state index in [1.807, 2.05) is 0 Å². The van der Waals surface area contributed by atoms with E-state index in [9.17, 15) is 21.4 Å². The molecule has 3 aliphatic rings. The Balaban J connectivity index is 1.67. The summed E-state index contributed by atoms with van der Waals surface area (Å²) in [5, 5.41) is 0. The fourth-order valence-electron chi connectivity index (χ4n) is 6.08. The quantitative estimate of drug-likeness (QED) is 0.131. The van der Waals surface area contributed by atoms with E-state index in [4.69, 9.17) is 4.18 Å². The largest absolute Gasteiger partial charge is 0.379 e. The van der Waals surface area contributed by atoms with Crippen molar-refractivity contribution in [2.45, 2.75) is 85.3 Å². The average Bonchev–Trinajstić information content (AvgIpc) is 2.92. The van der Waals surface area contributed by atoms with Gasteiger partial charge in [-0.25, -0.2) is 0 Å². The molecule has 3 aliphatic carbocycles. The summed E-state index contributed by atoms with van der Waals surface area (Å²) in [5.41, 5.74) is 2.87. The lowest BCUT2D eigenvalue weighted by molar-refractivity contribution is 0.475. The molecule has 5 rings (SSSR count). The van der Waals surface area contributed by atoms with Crippen LogP contribution in [0.2, 0.25) is 0 Å². The first-order chi connectivity index (χ1) is 19.0. The Hall–Kier alpha value is -1.22. The molecule has 0 aliphatic heterocycles. The van der Waals surface area contributed by atoms with Crippen molar-refractivity contribution >= 4 is 65.4 Å². The predicted octanol–water partition coefficient (Wildman–Crippen LogP) is 8.38. The van der Waals surface area contributed by atoms with Crippen molar-refractivity contribution in [3.63, 3.8) is 0 Å². The molecule has 3 unspecified atom stereocenters. The lowest BCUT2D eigenvalue weighted by atomic mass is 9.78. The monoisotopic (exact) mass is 806 g/mol. The van der Waals surface area contributed by atoms with Crippen molar-refractivity contribution in [3.8, 4) is 5.75 Å². The third-order valence-electron chi connectivity index (χ3n) is 8.01. The van der Waals surface area contributed by atoms with Crippen molar-refractivity contribution in [2.24, 2.45) is 0 Å². The molecule has 40 heavy (non-hydrogen) atoms. The van der Waals surface area contributed by atoms with Crippen LogP contribution in [-0.4, -0.2) is 21.4 Å². The van der Waals surface area contributed by atoms with E-state index in [0.29, 0.717) is 5.92 Å². The van der Waals surface area contributed by atoms with Gasteiger partial charge in [0.15, 0.2) is 0 Å². The minimum absolute atomic E-state index is 0.0201. The Morgan fingerprint density at radius 2 is 1.10 bits per heavy atom. The first-order valence-corrected chi connectivity index (χ1v) is 18.6. The molecule has 2 aromatic carbocycles. The highest BCUT2D eigenvalue weighted by atomic mass is 127. The second-order valence-electron chi connectivity index (χ2n) is 10.7. The van der Waals surface area contributed by atoms with Gasteiger partial charge < -0.3 is 4.18 Å². The summed E-state index contributed by atoms with van der Waals surface area (Å²) in [7, 11) is -8.76. The van der Waals surface area contributed by atoms with E-state index in [1.54, 1.807) is 45.2 Å². The van der Waals surface area contributed by atoms with Crippen molar-refractivity contribution in [2.75, 3.05) is 0 Å². The fraction of sp³-hybridized carbons (Fsp3) is 0.400. The Morgan fingerprint density at radius 1 is 0.650 bits per heavy atom. The van der Waals surface area contributed by atoms with Gasteiger partial charge in [0, 0.05) is 7.14 Å². The van der Waals surface area contributed by atoms with Gasteiger partial charge in [-0.05, 0) is 150 Å². The zero-order valence-corrected chi connectivity index (χ0v) is 27.9. The molecular formula is C30H32I2O6S2. The number of hydrogen-bond acceptors (Lipinski definition) is 5. The summed E-state index contributed by atoms with van der Waals surface area (Å²) >= 11 is 3.55. The Morgan fingerprint density at radius 3 is 1.50 bits per heavy atom. The molecule has 214 valence electrons. The molecule has 0 aromatic heterocycles. The predicted molar refractivity (Wildman–Crippen MR) is 173 cm³/mol. The van der Waals surface area contributed by atoms with E-state index in [0.717, 1.165) is 68.9 Å². The summed E-state index contributed by atoms with van der Waals surface area (Å²) in [4.78, 5) is 0.0146. The van der Waals surface area contributed by atoms with E-state index in [1.165, 1.54) is 17.7 Å². The number of hydrogen-bond donors (Lipinski definition) is 1. The second kappa shape index (κ2) is 12.6. The molecule has 0 radical (unpaired) electrons. The minimum Gasteiger partial charge on any atom is -0.379 e. The van der Waals surface area contributed by atoms with Crippen LogP contribution in [0.5, 0.6) is 5.75 Å². The highest BCUT2D eigenvalue weighted by molar-refractivity contribution is 14.1. The molecule has 0 bridgehead atoms. The maximum Gasteiger partial charge on any atom is 0.339 e. The van der Waals surface area contributed by atoms with Crippen LogP contribution in [-0.2, 0) is 20.2 Å². The number of benzene rings is 2. The van der Waals surface area contributed by atoms with E-state index in [2.05, 4.69) is 48.6 Å². The number of allylic oxidation sites excluding steroid dienone is 6.